The van der Waals surface area contributed by atoms with Crippen molar-refractivity contribution in [1.29, 1.82) is 0 Å². The van der Waals surface area contributed by atoms with Crippen molar-refractivity contribution in [2.75, 3.05) is 32.0 Å². The van der Waals surface area contributed by atoms with Crippen molar-refractivity contribution in [3.05, 3.63) is 16.3 Å². The molecular weight excluding hydrogens is 268 g/mol. The van der Waals surface area contributed by atoms with Gasteiger partial charge in [0.15, 0.2) is 6.10 Å². The first-order chi connectivity index (χ1) is 9.09. The van der Waals surface area contributed by atoms with E-state index in [4.69, 9.17) is 15.2 Å². The third kappa shape index (κ3) is 3.24. The van der Waals surface area contributed by atoms with Gasteiger partial charge < -0.3 is 20.1 Å². The summed E-state index contributed by atoms with van der Waals surface area (Å²) in [6.07, 6.45) is -0.813. The van der Waals surface area contributed by atoms with Gasteiger partial charge >= 0.3 is 5.97 Å². The highest BCUT2D eigenvalue weighted by Gasteiger charge is 2.26. The minimum Gasteiger partial charge on any atom is -0.448 e. The van der Waals surface area contributed by atoms with Crippen molar-refractivity contribution in [2.45, 2.75) is 13.0 Å². The maximum Gasteiger partial charge on any atom is 0.351 e. The highest BCUT2D eigenvalue weighted by atomic mass is 32.1. The van der Waals surface area contributed by atoms with Crippen molar-refractivity contribution in [2.24, 2.45) is 0 Å². The predicted octanol–water partition coefficient (Wildman–Crippen LogP) is 0.734. The Morgan fingerprint density at radius 2 is 2.16 bits per heavy atom. The van der Waals surface area contributed by atoms with Crippen LogP contribution in [0.4, 0.5) is 5.69 Å². The lowest BCUT2D eigenvalue weighted by Crippen LogP contribution is -2.46. The molecule has 1 aliphatic heterocycles. The fourth-order valence-corrected chi connectivity index (χ4v) is 2.49. The molecule has 2 heterocycles. The maximum atomic E-state index is 12.1. The molecule has 2 rings (SSSR count). The van der Waals surface area contributed by atoms with E-state index in [2.05, 4.69) is 0 Å². The Morgan fingerprint density at radius 1 is 1.47 bits per heavy atom. The lowest BCUT2D eigenvalue weighted by Gasteiger charge is -2.28. The molecule has 7 heteroatoms. The number of ether oxygens (including phenoxy) is 2. The Balaban J connectivity index is 1.93. The zero-order chi connectivity index (χ0) is 13.8. The molecule has 1 atom stereocenters. The van der Waals surface area contributed by atoms with Gasteiger partial charge in [0.25, 0.3) is 5.91 Å². The van der Waals surface area contributed by atoms with Crippen molar-refractivity contribution < 1.29 is 19.1 Å². The van der Waals surface area contributed by atoms with Gasteiger partial charge in [0, 0.05) is 13.1 Å². The molecule has 104 valence electrons. The molecule has 19 heavy (non-hydrogen) atoms. The SMILES string of the molecule is CC(OC(=O)c1sccc1N)C(=O)N1CCOCC1. The van der Waals surface area contributed by atoms with E-state index in [9.17, 15) is 9.59 Å². The van der Waals surface area contributed by atoms with E-state index in [-0.39, 0.29) is 5.91 Å². The monoisotopic (exact) mass is 284 g/mol. The number of morpholine rings is 1. The average molecular weight is 284 g/mol. The molecule has 1 aromatic heterocycles. The van der Waals surface area contributed by atoms with Crippen molar-refractivity contribution in [3.63, 3.8) is 0 Å². The molecule has 1 saturated heterocycles. The van der Waals surface area contributed by atoms with E-state index in [1.54, 1.807) is 23.3 Å². The summed E-state index contributed by atoms with van der Waals surface area (Å²) in [6, 6.07) is 1.63. The van der Waals surface area contributed by atoms with Crippen molar-refractivity contribution in [1.82, 2.24) is 4.90 Å². The first-order valence-corrected chi connectivity index (χ1v) is 6.88. The van der Waals surface area contributed by atoms with E-state index in [0.717, 1.165) is 0 Å². The van der Waals surface area contributed by atoms with Crippen LogP contribution >= 0.6 is 11.3 Å². The average Bonchev–Trinajstić information content (AvgIpc) is 2.85. The molecule has 1 aromatic rings. The highest BCUT2D eigenvalue weighted by Crippen LogP contribution is 2.20. The first kappa shape index (κ1) is 13.8. The van der Waals surface area contributed by atoms with Gasteiger partial charge in [-0.2, -0.15) is 0 Å². The molecule has 0 aliphatic carbocycles. The van der Waals surface area contributed by atoms with Crippen LogP contribution in [0.2, 0.25) is 0 Å². The molecule has 1 aliphatic rings. The van der Waals surface area contributed by atoms with Crippen LogP contribution in [0.15, 0.2) is 11.4 Å². The zero-order valence-corrected chi connectivity index (χ0v) is 11.4. The van der Waals surface area contributed by atoms with Crippen LogP contribution in [0.5, 0.6) is 0 Å². The number of amides is 1. The van der Waals surface area contributed by atoms with Crippen LogP contribution in [-0.2, 0) is 14.3 Å². The summed E-state index contributed by atoms with van der Waals surface area (Å²) < 4.78 is 10.3. The van der Waals surface area contributed by atoms with E-state index in [0.29, 0.717) is 36.9 Å². The molecule has 0 bridgehead atoms. The molecule has 0 radical (unpaired) electrons. The second kappa shape index (κ2) is 6.03. The summed E-state index contributed by atoms with van der Waals surface area (Å²) in [4.78, 5) is 25.9. The Kier molecular flexibility index (Phi) is 4.39. The Hall–Kier alpha value is -1.60. The van der Waals surface area contributed by atoms with Gasteiger partial charge in [-0.15, -0.1) is 11.3 Å². The number of rotatable bonds is 3. The standard InChI is InChI=1S/C12H16N2O4S/c1-8(11(15)14-3-5-17-6-4-14)18-12(16)10-9(13)2-7-19-10/h2,7-8H,3-6,13H2,1H3. The Morgan fingerprint density at radius 3 is 2.74 bits per heavy atom. The van der Waals surface area contributed by atoms with Gasteiger partial charge in [0.1, 0.15) is 4.88 Å². The number of hydrogen-bond acceptors (Lipinski definition) is 6. The largest absolute Gasteiger partial charge is 0.448 e. The van der Waals surface area contributed by atoms with E-state index < -0.39 is 12.1 Å². The minimum atomic E-state index is -0.813. The van der Waals surface area contributed by atoms with Crippen LogP contribution in [0.25, 0.3) is 0 Å². The fraction of sp³-hybridized carbons (Fsp3) is 0.500. The number of nitrogens with two attached hydrogens (primary N) is 1. The summed E-state index contributed by atoms with van der Waals surface area (Å²) in [5, 5.41) is 1.71. The van der Waals surface area contributed by atoms with Crippen molar-refractivity contribution in [3.8, 4) is 0 Å². The second-order valence-electron chi connectivity index (χ2n) is 4.19. The quantitative estimate of drug-likeness (QED) is 0.828. The van der Waals surface area contributed by atoms with Gasteiger partial charge in [-0.3, -0.25) is 4.79 Å². The molecule has 0 spiro atoms. The minimum absolute atomic E-state index is 0.202. The molecule has 6 nitrogen and oxygen atoms in total. The smallest absolute Gasteiger partial charge is 0.351 e. The fourth-order valence-electron chi connectivity index (χ4n) is 1.79. The number of nitrogens with zero attached hydrogens (tertiary/aromatic N) is 1. The normalized spacial score (nSPS) is 17.0. The van der Waals surface area contributed by atoms with Crippen LogP contribution < -0.4 is 5.73 Å². The summed E-state index contributed by atoms with van der Waals surface area (Å²) in [5.41, 5.74) is 6.01. The van der Waals surface area contributed by atoms with E-state index in [1.165, 1.54) is 11.3 Å². The van der Waals surface area contributed by atoms with E-state index in [1.807, 2.05) is 0 Å². The molecular formula is C12H16N2O4S. The maximum absolute atomic E-state index is 12.1. The number of esters is 1. The molecule has 1 fully saturated rings. The molecule has 2 N–H and O–H groups in total. The van der Waals surface area contributed by atoms with Crippen molar-refractivity contribution >= 4 is 28.9 Å². The molecule has 0 saturated carbocycles. The third-order valence-electron chi connectivity index (χ3n) is 2.84. The summed E-state index contributed by atoms with van der Waals surface area (Å²) in [5.74, 6) is -0.756. The van der Waals surface area contributed by atoms with Gasteiger partial charge in [0.05, 0.1) is 18.9 Å². The molecule has 1 unspecified atom stereocenters. The van der Waals surface area contributed by atoms with Crippen LogP contribution in [-0.4, -0.2) is 49.2 Å². The number of carbonyl (C=O) groups is 2. The Labute approximate surface area is 115 Å². The predicted molar refractivity (Wildman–Crippen MR) is 71.0 cm³/mol. The molecule has 0 aromatic carbocycles. The number of thiophene rings is 1. The van der Waals surface area contributed by atoms with Gasteiger partial charge in [-0.25, -0.2) is 4.79 Å². The van der Waals surface area contributed by atoms with Crippen LogP contribution in [0.3, 0.4) is 0 Å². The van der Waals surface area contributed by atoms with Gasteiger partial charge in [-0.05, 0) is 18.4 Å². The van der Waals surface area contributed by atoms with E-state index >= 15 is 0 Å². The van der Waals surface area contributed by atoms with Gasteiger partial charge in [-0.1, -0.05) is 0 Å². The number of hydrogen-bond donors (Lipinski definition) is 1. The van der Waals surface area contributed by atoms with Gasteiger partial charge in [0.2, 0.25) is 0 Å². The highest BCUT2D eigenvalue weighted by molar-refractivity contribution is 7.12. The number of anilines is 1. The lowest BCUT2D eigenvalue weighted by atomic mass is 10.3. The summed E-state index contributed by atoms with van der Waals surface area (Å²) in [7, 11) is 0. The third-order valence-corrected chi connectivity index (χ3v) is 3.75. The summed E-state index contributed by atoms with van der Waals surface area (Å²) >= 11 is 1.20. The second-order valence-corrected chi connectivity index (χ2v) is 5.11. The lowest BCUT2D eigenvalue weighted by molar-refractivity contribution is -0.143. The zero-order valence-electron chi connectivity index (χ0n) is 10.6. The first-order valence-electron chi connectivity index (χ1n) is 6.00. The Bertz CT molecular complexity index is 468. The summed E-state index contributed by atoms with van der Waals surface area (Å²) in [6.45, 7) is 3.66. The number of carbonyl (C=O) groups excluding carboxylic acids is 2. The van der Waals surface area contributed by atoms with Crippen LogP contribution in [0.1, 0.15) is 16.6 Å². The van der Waals surface area contributed by atoms with Crippen LogP contribution in [0, 0.1) is 0 Å². The molecule has 1 amide bonds. The topological polar surface area (TPSA) is 81.9 Å². The number of nitrogen functional groups attached to an aromatic ring is 1.